The maximum absolute atomic E-state index is 10.7. The first kappa shape index (κ1) is 13.3. The molecule has 88 valence electrons. The fourth-order valence-electron chi connectivity index (χ4n) is 1.65. The van der Waals surface area contributed by atoms with Crippen LogP contribution in [0.2, 0.25) is 10.0 Å². The van der Waals surface area contributed by atoms with E-state index in [0.29, 0.717) is 16.5 Å². The Bertz CT molecular complexity index is 400. The SMILES string of the molecule is CC(C)(CC(=O)O)Cc1ccc(Cl)cc1Cl. The van der Waals surface area contributed by atoms with Crippen molar-refractivity contribution >= 4 is 29.2 Å². The highest BCUT2D eigenvalue weighted by Crippen LogP contribution is 2.30. The van der Waals surface area contributed by atoms with Gasteiger partial charge in [-0.3, -0.25) is 4.79 Å². The van der Waals surface area contributed by atoms with Gasteiger partial charge in [-0.1, -0.05) is 43.1 Å². The Morgan fingerprint density at radius 1 is 1.38 bits per heavy atom. The van der Waals surface area contributed by atoms with Crippen molar-refractivity contribution in [1.82, 2.24) is 0 Å². The molecule has 16 heavy (non-hydrogen) atoms. The first-order valence-corrected chi connectivity index (χ1v) is 5.71. The molecule has 0 amide bonds. The number of hydrogen-bond donors (Lipinski definition) is 1. The number of rotatable bonds is 4. The third kappa shape index (κ3) is 4.03. The van der Waals surface area contributed by atoms with Gasteiger partial charge in [0.05, 0.1) is 6.42 Å². The molecule has 1 rings (SSSR count). The number of hydrogen-bond acceptors (Lipinski definition) is 1. The van der Waals surface area contributed by atoms with Crippen LogP contribution in [0.3, 0.4) is 0 Å². The van der Waals surface area contributed by atoms with Crippen LogP contribution in [0.1, 0.15) is 25.8 Å². The van der Waals surface area contributed by atoms with E-state index in [1.54, 1.807) is 12.1 Å². The Hall–Kier alpha value is -0.730. The van der Waals surface area contributed by atoms with Gasteiger partial charge in [0, 0.05) is 10.0 Å². The van der Waals surface area contributed by atoms with Crippen LogP contribution in [0.25, 0.3) is 0 Å². The molecule has 0 fully saturated rings. The molecule has 2 nitrogen and oxygen atoms in total. The monoisotopic (exact) mass is 260 g/mol. The zero-order valence-corrected chi connectivity index (χ0v) is 10.8. The predicted molar refractivity (Wildman–Crippen MR) is 66.2 cm³/mol. The van der Waals surface area contributed by atoms with Crippen molar-refractivity contribution in [1.29, 1.82) is 0 Å². The fraction of sp³-hybridized carbons (Fsp3) is 0.417. The number of halogens is 2. The van der Waals surface area contributed by atoms with E-state index < -0.39 is 5.97 Å². The molecular weight excluding hydrogens is 247 g/mol. The summed E-state index contributed by atoms with van der Waals surface area (Å²) in [6.07, 6.45) is 0.737. The number of aliphatic carboxylic acids is 1. The van der Waals surface area contributed by atoms with E-state index in [1.807, 2.05) is 19.9 Å². The molecule has 0 unspecified atom stereocenters. The van der Waals surface area contributed by atoms with Gasteiger partial charge in [-0.2, -0.15) is 0 Å². The summed E-state index contributed by atoms with van der Waals surface area (Å²) < 4.78 is 0. The standard InChI is InChI=1S/C12H14Cl2O2/c1-12(2,7-11(15)16)6-8-3-4-9(13)5-10(8)14/h3-5H,6-7H2,1-2H3,(H,15,16). The highest BCUT2D eigenvalue weighted by Gasteiger charge is 2.23. The summed E-state index contributed by atoms with van der Waals surface area (Å²) in [5.41, 5.74) is 0.612. The highest BCUT2D eigenvalue weighted by atomic mass is 35.5. The molecule has 0 bridgehead atoms. The van der Waals surface area contributed by atoms with E-state index in [0.717, 1.165) is 5.56 Å². The van der Waals surface area contributed by atoms with Gasteiger partial charge in [-0.05, 0) is 29.5 Å². The molecule has 0 atom stereocenters. The van der Waals surface area contributed by atoms with Crippen LogP contribution in [-0.2, 0) is 11.2 Å². The van der Waals surface area contributed by atoms with Gasteiger partial charge >= 0.3 is 5.97 Å². The van der Waals surface area contributed by atoms with Crippen LogP contribution in [-0.4, -0.2) is 11.1 Å². The lowest BCUT2D eigenvalue weighted by Crippen LogP contribution is -2.19. The minimum Gasteiger partial charge on any atom is -0.481 e. The van der Waals surface area contributed by atoms with Gasteiger partial charge in [-0.25, -0.2) is 0 Å². The molecule has 0 radical (unpaired) electrons. The largest absolute Gasteiger partial charge is 0.481 e. The normalized spacial score (nSPS) is 11.5. The van der Waals surface area contributed by atoms with Crippen molar-refractivity contribution < 1.29 is 9.90 Å². The first-order valence-electron chi connectivity index (χ1n) is 4.96. The third-order valence-corrected chi connectivity index (χ3v) is 2.90. The van der Waals surface area contributed by atoms with Crippen molar-refractivity contribution in [2.45, 2.75) is 26.7 Å². The topological polar surface area (TPSA) is 37.3 Å². The first-order chi connectivity index (χ1) is 7.30. The Labute approximate surface area is 105 Å². The molecule has 0 aromatic heterocycles. The van der Waals surface area contributed by atoms with E-state index in [1.165, 1.54) is 0 Å². The van der Waals surface area contributed by atoms with Gasteiger partial charge in [-0.15, -0.1) is 0 Å². The second-order valence-electron chi connectivity index (χ2n) is 4.65. The zero-order chi connectivity index (χ0) is 12.3. The van der Waals surface area contributed by atoms with Crippen molar-refractivity contribution in [3.05, 3.63) is 33.8 Å². The number of carboxylic acid groups (broad SMARTS) is 1. The summed E-state index contributed by atoms with van der Waals surface area (Å²) in [5, 5.41) is 9.96. The fourth-order valence-corrected chi connectivity index (χ4v) is 2.13. The Balaban J connectivity index is 2.83. The maximum Gasteiger partial charge on any atom is 0.303 e. The van der Waals surface area contributed by atoms with Crippen LogP contribution in [0, 0.1) is 5.41 Å². The van der Waals surface area contributed by atoms with Crippen LogP contribution in [0.5, 0.6) is 0 Å². The molecule has 0 aliphatic carbocycles. The number of carbonyl (C=O) groups is 1. The summed E-state index contributed by atoms with van der Waals surface area (Å²) in [5.74, 6) is -0.796. The summed E-state index contributed by atoms with van der Waals surface area (Å²) in [7, 11) is 0. The molecule has 1 N–H and O–H groups in total. The van der Waals surface area contributed by atoms with Crippen LogP contribution in [0.4, 0.5) is 0 Å². The second kappa shape index (κ2) is 5.07. The molecule has 0 saturated carbocycles. The average Bonchev–Trinajstić information content (AvgIpc) is 2.07. The molecule has 4 heteroatoms. The van der Waals surface area contributed by atoms with E-state index in [9.17, 15) is 4.79 Å². The van der Waals surface area contributed by atoms with Gasteiger partial charge < -0.3 is 5.11 Å². The molecule has 0 saturated heterocycles. The van der Waals surface area contributed by atoms with Crippen LogP contribution in [0.15, 0.2) is 18.2 Å². The molecule has 0 heterocycles. The minimum absolute atomic E-state index is 0.117. The van der Waals surface area contributed by atoms with E-state index in [2.05, 4.69) is 0 Å². The van der Waals surface area contributed by atoms with Crippen LogP contribution < -0.4 is 0 Å². The lowest BCUT2D eigenvalue weighted by Gasteiger charge is -2.23. The molecule has 1 aromatic rings. The van der Waals surface area contributed by atoms with Gasteiger partial charge in [0.15, 0.2) is 0 Å². The molecule has 1 aromatic carbocycles. The summed E-state index contributed by atoms with van der Waals surface area (Å²) in [6.45, 7) is 3.82. The molecule has 0 aliphatic heterocycles. The Morgan fingerprint density at radius 2 is 2.00 bits per heavy atom. The molecular formula is C12H14Cl2O2. The lowest BCUT2D eigenvalue weighted by atomic mass is 9.83. The minimum atomic E-state index is -0.796. The van der Waals surface area contributed by atoms with Gasteiger partial charge in [0.1, 0.15) is 0 Å². The summed E-state index contributed by atoms with van der Waals surface area (Å²) in [4.78, 5) is 10.7. The number of benzene rings is 1. The summed E-state index contributed by atoms with van der Waals surface area (Å²) in [6, 6.07) is 5.28. The predicted octanol–water partition coefficient (Wildman–Crippen LogP) is 4.04. The van der Waals surface area contributed by atoms with Gasteiger partial charge in [0.25, 0.3) is 0 Å². The lowest BCUT2D eigenvalue weighted by molar-refractivity contribution is -0.139. The van der Waals surface area contributed by atoms with Crippen LogP contribution >= 0.6 is 23.2 Å². The number of carboxylic acids is 1. The summed E-state index contributed by atoms with van der Waals surface area (Å²) >= 11 is 11.8. The second-order valence-corrected chi connectivity index (χ2v) is 5.49. The van der Waals surface area contributed by atoms with Gasteiger partial charge in [0.2, 0.25) is 0 Å². The maximum atomic E-state index is 10.7. The molecule has 0 aliphatic rings. The van der Waals surface area contributed by atoms with E-state index >= 15 is 0 Å². The zero-order valence-electron chi connectivity index (χ0n) is 9.26. The smallest absolute Gasteiger partial charge is 0.303 e. The third-order valence-electron chi connectivity index (χ3n) is 2.31. The quantitative estimate of drug-likeness (QED) is 0.888. The Kier molecular flexibility index (Phi) is 4.22. The molecule has 0 spiro atoms. The van der Waals surface area contributed by atoms with Crippen molar-refractivity contribution in [2.24, 2.45) is 5.41 Å². The van der Waals surface area contributed by atoms with Crippen molar-refractivity contribution in [3.8, 4) is 0 Å². The van der Waals surface area contributed by atoms with E-state index in [-0.39, 0.29) is 11.8 Å². The van der Waals surface area contributed by atoms with E-state index in [4.69, 9.17) is 28.3 Å². The average molecular weight is 261 g/mol. The van der Waals surface area contributed by atoms with Crippen molar-refractivity contribution in [3.63, 3.8) is 0 Å². The highest BCUT2D eigenvalue weighted by molar-refractivity contribution is 6.35. The van der Waals surface area contributed by atoms with Crippen molar-refractivity contribution in [2.75, 3.05) is 0 Å². The Morgan fingerprint density at radius 3 is 2.50 bits per heavy atom.